The van der Waals surface area contributed by atoms with Crippen molar-refractivity contribution >= 4 is 0 Å². The summed E-state index contributed by atoms with van der Waals surface area (Å²) in [6.07, 6.45) is 7.93. The van der Waals surface area contributed by atoms with Crippen LogP contribution in [0, 0.1) is 0 Å². The smallest absolute Gasteiger partial charge is 0.140 e. The van der Waals surface area contributed by atoms with Gasteiger partial charge in [-0.3, -0.25) is 14.3 Å². The van der Waals surface area contributed by atoms with E-state index in [9.17, 15) is 0 Å². The van der Waals surface area contributed by atoms with Crippen LogP contribution in [-0.4, -0.2) is 67.1 Å². The molecular weight excluding hydrogens is 278 g/mol. The molecule has 3 heterocycles. The van der Waals surface area contributed by atoms with Crippen LogP contribution < -0.4 is 0 Å². The standard InChI is InChI=1S/C15H25N7/c1-19(12-15-16-13-18-20(15)2)14-4-8-21(9-5-14)10-11-22-7-3-6-17-22/h3,6-7,13-14H,4-5,8-12H2,1-2H3. The maximum absolute atomic E-state index is 4.31. The maximum Gasteiger partial charge on any atom is 0.140 e. The third kappa shape index (κ3) is 3.72. The summed E-state index contributed by atoms with van der Waals surface area (Å²) in [5, 5.41) is 8.40. The van der Waals surface area contributed by atoms with E-state index in [-0.39, 0.29) is 0 Å². The molecule has 0 amide bonds. The molecule has 0 radical (unpaired) electrons. The Labute approximate surface area is 131 Å². The van der Waals surface area contributed by atoms with Crippen LogP contribution in [0.25, 0.3) is 0 Å². The molecule has 0 saturated carbocycles. The number of hydrogen-bond donors (Lipinski definition) is 0. The predicted octanol–water partition coefficient (Wildman–Crippen LogP) is 0.608. The molecule has 1 aliphatic rings. The third-order valence-corrected chi connectivity index (χ3v) is 4.58. The molecule has 3 rings (SSSR count). The molecule has 22 heavy (non-hydrogen) atoms. The van der Waals surface area contributed by atoms with Gasteiger partial charge < -0.3 is 4.90 Å². The van der Waals surface area contributed by atoms with Gasteiger partial charge in [0.05, 0.1) is 13.1 Å². The molecule has 120 valence electrons. The van der Waals surface area contributed by atoms with Gasteiger partial charge in [-0.1, -0.05) is 0 Å². The Hall–Kier alpha value is -1.73. The summed E-state index contributed by atoms with van der Waals surface area (Å²) in [6.45, 7) is 5.26. The van der Waals surface area contributed by atoms with E-state index < -0.39 is 0 Å². The lowest BCUT2D eigenvalue weighted by atomic mass is 10.0. The van der Waals surface area contributed by atoms with Gasteiger partial charge in [-0.15, -0.1) is 0 Å². The summed E-state index contributed by atoms with van der Waals surface area (Å²) in [5.74, 6) is 1.03. The Bertz CT molecular complexity index is 554. The van der Waals surface area contributed by atoms with Crippen LogP contribution in [0.15, 0.2) is 24.8 Å². The summed E-state index contributed by atoms with van der Waals surface area (Å²) >= 11 is 0. The van der Waals surface area contributed by atoms with Crippen molar-refractivity contribution in [3.8, 4) is 0 Å². The van der Waals surface area contributed by atoms with E-state index in [0.29, 0.717) is 6.04 Å². The van der Waals surface area contributed by atoms with Crippen LogP contribution in [-0.2, 0) is 20.1 Å². The predicted molar refractivity (Wildman–Crippen MR) is 84.2 cm³/mol. The minimum atomic E-state index is 0.637. The summed E-state index contributed by atoms with van der Waals surface area (Å²) < 4.78 is 3.86. The van der Waals surface area contributed by atoms with Crippen LogP contribution in [0.3, 0.4) is 0 Å². The molecule has 0 atom stereocenters. The highest BCUT2D eigenvalue weighted by Crippen LogP contribution is 2.16. The number of aryl methyl sites for hydroxylation is 1. The second-order valence-corrected chi connectivity index (χ2v) is 6.06. The van der Waals surface area contributed by atoms with Gasteiger partial charge in [-0.2, -0.15) is 10.2 Å². The Kier molecular flexibility index (Phi) is 4.84. The number of aromatic nitrogens is 5. The normalized spacial score (nSPS) is 17.4. The first kappa shape index (κ1) is 15.2. The quantitative estimate of drug-likeness (QED) is 0.782. The topological polar surface area (TPSA) is 55.0 Å². The minimum Gasteiger partial charge on any atom is -0.301 e. The zero-order valence-corrected chi connectivity index (χ0v) is 13.5. The fourth-order valence-electron chi connectivity index (χ4n) is 3.08. The van der Waals surface area contributed by atoms with Gasteiger partial charge in [-0.05, 0) is 39.0 Å². The Morgan fingerprint density at radius 3 is 2.68 bits per heavy atom. The lowest BCUT2D eigenvalue weighted by Crippen LogP contribution is -2.44. The van der Waals surface area contributed by atoms with Gasteiger partial charge >= 0.3 is 0 Å². The largest absolute Gasteiger partial charge is 0.301 e. The Balaban J connectivity index is 1.42. The molecule has 1 saturated heterocycles. The summed E-state index contributed by atoms with van der Waals surface area (Å²) in [6, 6.07) is 2.62. The molecule has 2 aromatic rings. The van der Waals surface area contributed by atoms with Gasteiger partial charge in [0.2, 0.25) is 0 Å². The van der Waals surface area contributed by atoms with Gasteiger partial charge in [0, 0.05) is 32.0 Å². The number of nitrogens with zero attached hydrogens (tertiary/aromatic N) is 7. The van der Waals surface area contributed by atoms with E-state index in [4.69, 9.17) is 0 Å². The zero-order valence-electron chi connectivity index (χ0n) is 13.5. The molecule has 7 heteroatoms. The molecule has 0 aliphatic carbocycles. The van der Waals surface area contributed by atoms with Gasteiger partial charge in [0.1, 0.15) is 12.2 Å². The molecule has 0 aromatic carbocycles. The summed E-state index contributed by atoms with van der Waals surface area (Å²) in [7, 11) is 4.15. The SMILES string of the molecule is CN(Cc1ncnn1C)C1CCN(CCn2cccn2)CC1. The fourth-order valence-corrected chi connectivity index (χ4v) is 3.08. The van der Waals surface area contributed by atoms with Crippen LogP contribution in [0.1, 0.15) is 18.7 Å². The monoisotopic (exact) mass is 303 g/mol. The number of piperidine rings is 1. The average Bonchev–Trinajstić information content (AvgIpc) is 3.18. The van der Waals surface area contributed by atoms with Crippen molar-refractivity contribution in [1.29, 1.82) is 0 Å². The van der Waals surface area contributed by atoms with E-state index in [0.717, 1.165) is 38.5 Å². The molecule has 0 spiro atoms. The second-order valence-electron chi connectivity index (χ2n) is 6.06. The number of rotatable bonds is 6. The van der Waals surface area contributed by atoms with Crippen molar-refractivity contribution < 1.29 is 0 Å². The molecule has 1 fully saturated rings. The minimum absolute atomic E-state index is 0.637. The van der Waals surface area contributed by atoms with Crippen LogP contribution in [0.2, 0.25) is 0 Å². The fraction of sp³-hybridized carbons (Fsp3) is 0.667. The molecule has 0 bridgehead atoms. The molecule has 0 N–H and O–H groups in total. The Morgan fingerprint density at radius 2 is 2.05 bits per heavy atom. The zero-order chi connectivity index (χ0) is 15.4. The van der Waals surface area contributed by atoms with Crippen molar-refractivity contribution in [1.82, 2.24) is 34.3 Å². The van der Waals surface area contributed by atoms with E-state index >= 15 is 0 Å². The average molecular weight is 303 g/mol. The lowest BCUT2D eigenvalue weighted by molar-refractivity contribution is 0.117. The first-order chi connectivity index (χ1) is 10.7. The Morgan fingerprint density at radius 1 is 1.23 bits per heavy atom. The van der Waals surface area contributed by atoms with E-state index in [2.05, 4.69) is 32.0 Å². The van der Waals surface area contributed by atoms with E-state index in [1.165, 1.54) is 12.8 Å². The highest BCUT2D eigenvalue weighted by Gasteiger charge is 2.23. The van der Waals surface area contributed by atoms with Crippen molar-refractivity contribution in [3.63, 3.8) is 0 Å². The van der Waals surface area contributed by atoms with E-state index in [1.54, 1.807) is 6.33 Å². The first-order valence-corrected chi connectivity index (χ1v) is 7.95. The molecule has 7 nitrogen and oxygen atoms in total. The summed E-state index contributed by atoms with van der Waals surface area (Å²) in [4.78, 5) is 9.26. The van der Waals surface area contributed by atoms with Gasteiger partial charge in [-0.25, -0.2) is 4.98 Å². The van der Waals surface area contributed by atoms with Crippen molar-refractivity contribution in [3.05, 3.63) is 30.6 Å². The van der Waals surface area contributed by atoms with Gasteiger partial charge in [0.25, 0.3) is 0 Å². The first-order valence-electron chi connectivity index (χ1n) is 7.95. The molecule has 0 unspecified atom stereocenters. The van der Waals surface area contributed by atoms with Crippen molar-refractivity contribution in [2.45, 2.75) is 32.0 Å². The van der Waals surface area contributed by atoms with Gasteiger partial charge in [0.15, 0.2) is 0 Å². The van der Waals surface area contributed by atoms with Crippen LogP contribution in [0.5, 0.6) is 0 Å². The third-order valence-electron chi connectivity index (χ3n) is 4.58. The van der Waals surface area contributed by atoms with Crippen LogP contribution >= 0.6 is 0 Å². The maximum atomic E-state index is 4.31. The van der Waals surface area contributed by atoms with Crippen molar-refractivity contribution in [2.75, 3.05) is 26.7 Å². The second kappa shape index (κ2) is 7.02. The van der Waals surface area contributed by atoms with Crippen molar-refractivity contribution in [2.24, 2.45) is 7.05 Å². The van der Waals surface area contributed by atoms with Crippen LogP contribution in [0.4, 0.5) is 0 Å². The highest BCUT2D eigenvalue weighted by atomic mass is 15.3. The molecule has 2 aromatic heterocycles. The highest BCUT2D eigenvalue weighted by molar-refractivity contribution is 4.86. The number of hydrogen-bond acceptors (Lipinski definition) is 5. The molecular formula is C15H25N7. The van der Waals surface area contributed by atoms with E-state index in [1.807, 2.05) is 34.9 Å². The lowest BCUT2D eigenvalue weighted by Gasteiger charge is -2.36. The summed E-state index contributed by atoms with van der Waals surface area (Å²) in [5.41, 5.74) is 0. The molecule has 1 aliphatic heterocycles. The number of likely N-dealkylation sites (tertiary alicyclic amines) is 1.